The van der Waals surface area contributed by atoms with Crippen molar-refractivity contribution in [1.82, 2.24) is 9.97 Å². The highest BCUT2D eigenvalue weighted by Crippen LogP contribution is 2.19. The SMILES string of the molecule is C[C@@H](O)c1ccc(CNc2ncnc3ccccc23)cc1. The Bertz CT molecular complexity index is 733. The van der Waals surface area contributed by atoms with Crippen molar-refractivity contribution in [3.8, 4) is 0 Å². The van der Waals surface area contributed by atoms with Gasteiger partial charge in [0.05, 0.1) is 11.6 Å². The average molecular weight is 279 g/mol. The number of hydrogen-bond donors (Lipinski definition) is 2. The number of anilines is 1. The minimum atomic E-state index is -0.433. The molecule has 4 heteroatoms. The summed E-state index contributed by atoms with van der Waals surface area (Å²) >= 11 is 0. The monoisotopic (exact) mass is 279 g/mol. The number of para-hydroxylation sites is 1. The fraction of sp³-hybridized carbons (Fsp3) is 0.176. The fourth-order valence-electron chi connectivity index (χ4n) is 2.25. The van der Waals surface area contributed by atoms with Crippen LogP contribution in [0.15, 0.2) is 54.9 Å². The molecule has 1 aromatic heterocycles. The van der Waals surface area contributed by atoms with Gasteiger partial charge in [-0.3, -0.25) is 0 Å². The maximum absolute atomic E-state index is 9.51. The molecule has 0 aliphatic rings. The summed E-state index contributed by atoms with van der Waals surface area (Å²) in [6.45, 7) is 2.45. The van der Waals surface area contributed by atoms with E-state index in [1.54, 1.807) is 13.3 Å². The Hall–Kier alpha value is -2.46. The summed E-state index contributed by atoms with van der Waals surface area (Å²) < 4.78 is 0. The highest BCUT2D eigenvalue weighted by molar-refractivity contribution is 5.88. The normalized spacial score (nSPS) is 12.3. The second-order valence-electron chi connectivity index (χ2n) is 5.01. The van der Waals surface area contributed by atoms with Gasteiger partial charge in [0.25, 0.3) is 0 Å². The van der Waals surface area contributed by atoms with E-state index in [1.165, 1.54) is 0 Å². The van der Waals surface area contributed by atoms with Gasteiger partial charge in [0, 0.05) is 11.9 Å². The predicted octanol–water partition coefficient (Wildman–Crippen LogP) is 3.30. The molecule has 4 nitrogen and oxygen atoms in total. The molecule has 106 valence electrons. The Balaban J connectivity index is 1.77. The van der Waals surface area contributed by atoms with Gasteiger partial charge in [-0.25, -0.2) is 9.97 Å². The highest BCUT2D eigenvalue weighted by atomic mass is 16.3. The van der Waals surface area contributed by atoms with Gasteiger partial charge in [-0.05, 0) is 30.2 Å². The van der Waals surface area contributed by atoms with Gasteiger partial charge in [-0.15, -0.1) is 0 Å². The predicted molar refractivity (Wildman–Crippen MR) is 83.9 cm³/mol. The van der Waals surface area contributed by atoms with Crippen LogP contribution in [0.1, 0.15) is 24.2 Å². The largest absolute Gasteiger partial charge is 0.389 e. The number of benzene rings is 2. The number of nitrogens with zero attached hydrogens (tertiary/aromatic N) is 2. The van der Waals surface area contributed by atoms with Crippen molar-refractivity contribution in [3.05, 3.63) is 66.0 Å². The lowest BCUT2D eigenvalue weighted by atomic mass is 10.1. The van der Waals surface area contributed by atoms with Gasteiger partial charge >= 0.3 is 0 Å². The summed E-state index contributed by atoms with van der Waals surface area (Å²) in [5, 5.41) is 13.9. The Kier molecular flexibility index (Phi) is 3.79. The number of aromatic nitrogens is 2. The van der Waals surface area contributed by atoms with Crippen molar-refractivity contribution in [2.75, 3.05) is 5.32 Å². The lowest BCUT2D eigenvalue weighted by Crippen LogP contribution is -2.03. The molecule has 1 heterocycles. The average Bonchev–Trinajstić information content (AvgIpc) is 2.53. The number of rotatable bonds is 4. The number of nitrogens with one attached hydrogen (secondary N) is 1. The maximum Gasteiger partial charge on any atom is 0.137 e. The first-order valence-corrected chi connectivity index (χ1v) is 6.94. The molecule has 2 aromatic carbocycles. The number of fused-ring (bicyclic) bond motifs is 1. The van der Waals surface area contributed by atoms with E-state index >= 15 is 0 Å². The first-order valence-electron chi connectivity index (χ1n) is 6.94. The van der Waals surface area contributed by atoms with E-state index in [-0.39, 0.29) is 0 Å². The maximum atomic E-state index is 9.51. The summed E-state index contributed by atoms with van der Waals surface area (Å²) in [6.07, 6.45) is 1.14. The molecule has 2 N–H and O–H groups in total. The first kappa shape index (κ1) is 13.5. The van der Waals surface area contributed by atoms with Crippen LogP contribution >= 0.6 is 0 Å². The molecule has 0 unspecified atom stereocenters. The van der Waals surface area contributed by atoms with Crippen LogP contribution in [0.3, 0.4) is 0 Å². The van der Waals surface area contributed by atoms with E-state index < -0.39 is 6.10 Å². The Morgan fingerprint density at radius 3 is 2.57 bits per heavy atom. The van der Waals surface area contributed by atoms with Gasteiger partial charge in [-0.1, -0.05) is 36.4 Å². The van der Waals surface area contributed by atoms with Crippen LogP contribution in [-0.4, -0.2) is 15.1 Å². The van der Waals surface area contributed by atoms with Crippen LogP contribution in [0.4, 0.5) is 5.82 Å². The zero-order chi connectivity index (χ0) is 14.7. The highest BCUT2D eigenvalue weighted by Gasteiger charge is 2.03. The fourth-order valence-corrected chi connectivity index (χ4v) is 2.25. The topological polar surface area (TPSA) is 58.0 Å². The molecule has 0 amide bonds. The quantitative estimate of drug-likeness (QED) is 0.769. The zero-order valence-corrected chi connectivity index (χ0v) is 11.8. The van der Waals surface area contributed by atoms with E-state index in [2.05, 4.69) is 15.3 Å². The van der Waals surface area contributed by atoms with Crippen molar-refractivity contribution < 1.29 is 5.11 Å². The lowest BCUT2D eigenvalue weighted by molar-refractivity contribution is 0.199. The Labute approximate surface area is 123 Å². The lowest BCUT2D eigenvalue weighted by Gasteiger charge is -2.09. The molecule has 0 spiro atoms. The molecular weight excluding hydrogens is 262 g/mol. The summed E-state index contributed by atoms with van der Waals surface area (Å²) in [7, 11) is 0. The van der Waals surface area contributed by atoms with Crippen molar-refractivity contribution in [3.63, 3.8) is 0 Å². The second kappa shape index (κ2) is 5.89. The van der Waals surface area contributed by atoms with Crippen LogP contribution < -0.4 is 5.32 Å². The van der Waals surface area contributed by atoms with Crippen LogP contribution in [0.2, 0.25) is 0 Å². The molecule has 0 saturated carbocycles. The van der Waals surface area contributed by atoms with Crippen LogP contribution in [0.25, 0.3) is 10.9 Å². The molecule has 0 saturated heterocycles. The van der Waals surface area contributed by atoms with E-state index in [1.807, 2.05) is 48.5 Å². The molecule has 0 aliphatic carbocycles. The van der Waals surface area contributed by atoms with E-state index in [0.29, 0.717) is 6.54 Å². The molecule has 3 rings (SSSR count). The Morgan fingerprint density at radius 1 is 1.05 bits per heavy atom. The van der Waals surface area contributed by atoms with E-state index in [9.17, 15) is 5.11 Å². The number of aliphatic hydroxyl groups is 1. The van der Waals surface area contributed by atoms with Gasteiger partial charge < -0.3 is 10.4 Å². The molecule has 1 atom stereocenters. The third-order valence-corrected chi connectivity index (χ3v) is 3.46. The Morgan fingerprint density at radius 2 is 1.81 bits per heavy atom. The second-order valence-corrected chi connectivity index (χ2v) is 5.01. The van der Waals surface area contributed by atoms with Crippen molar-refractivity contribution in [2.24, 2.45) is 0 Å². The molecule has 0 radical (unpaired) electrons. The number of hydrogen-bond acceptors (Lipinski definition) is 4. The molecule has 0 bridgehead atoms. The van der Waals surface area contributed by atoms with Crippen LogP contribution in [0.5, 0.6) is 0 Å². The third-order valence-electron chi connectivity index (χ3n) is 3.46. The van der Waals surface area contributed by atoms with Gasteiger partial charge in [-0.2, -0.15) is 0 Å². The molecule has 0 aliphatic heterocycles. The molecule has 21 heavy (non-hydrogen) atoms. The minimum Gasteiger partial charge on any atom is -0.389 e. The summed E-state index contributed by atoms with van der Waals surface area (Å²) in [5.74, 6) is 0.834. The van der Waals surface area contributed by atoms with Crippen molar-refractivity contribution in [1.29, 1.82) is 0 Å². The minimum absolute atomic E-state index is 0.433. The zero-order valence-electron chi connectivity index (χ0n) is 11.8. The van der Waals surface area contributed by atoms with Crippen molar-refractivity contribution >= 4 is 16.7 Å². The number of aliphatic hydroxyl groups excluding tert-OH is 1. The third kappa shape index (κ3) is 3.01. The standard InChI is InChI=1S/C17H17N3O/c1-12(21)14-8-6-13(7-9-14)10-18-17-15-4-2-3-5-16(15)19-11-20-17/h2-9,11-12,21H,10H2,1H3,(H,18,19,20)/t12-/m1/s1. The van der Waals surface area contributed by atoms with Crippen molar-refractivity contribution in [2.45, 2.75) is 19.6 Å². The van der Waals surface area contributed by atoms with Gasteiger partial charge in [0.2, 0.25) is 0 Å². The van der Waals surface area contributed by atoms with Crippen LogP contribution in [0, 0.1) is 0 Å². The molecule has 3 aromatic rings. The molecule has 0 fully saturated rings. The summed E-state index contributed by atoms with van der Waals surface area (Å²) in [5.41, 5.74) is 2.99. The smallest absolute Gasteiger partial charge is 0.137 e. The van der Waals surface area contributed by atoms with Gasteiger partial charge in [0.1, 0.15) is 12.1 Å². The van der Waals surface area contributed by atoms with E-state index in [4.69, 9.17) is 0 Å². The summed E-state index contributed by atoms with van der Waals surface area (Å²) in [6, 6.07) is 15.8. The molecular formula is C17H17N3O. The van der Waals surface area contributed by atoms with Gasteiger partial charge in [0.15, 0.2) is 0 Å². The van der Waals surface area contributed by atoms with E-state index in [0.717, 1.165) is 27.8 Å². The first-order chi connectivity index (χ1) is 10.2. The summed E-state index contributed by atoms with van der Waals surface area (Å²) in [4.78, 5) is 8.55. The van der Waals surface area contributed by atoms with Crippen LogP contribution in [-0.2, 0) is 6.54 Å².